The number of ether oxygens (including phenoxy) is 1. The number of fused-ring (bicyclic) bond motifs is 1. The molecule has 8 heteroatoms. The van der Waals surface area contributed by atoms with E-state index in [-0.39, 0.29) is 17.6 Å². The van der Waals surface area contributed by atoms with Crippen LogP contribution in [-0.2, 0) is 11.3 Å². The van der Waals surface area contributed by atoms with E-state index in [1.165, 1.54) is 24.3 Å². The quantitative estimate of drug-likeness (QED) is 0.462. The monoisotopic (exact) mass is 406 g/mol. The van der Waals surface area contributed by atoms with E-state index in [1.54, 1.807) is 24.3 Å². The molecule has 0 N–H and O–H groups in total. The summed E-state index contributed by atoms with van der Waals surface area (Å²) in [5.41, 5.74) is 1.80. The SMILES string of the molecule is N#Cc1cc(N2CCC(OCc3ccc(F)cc3)CC2)nc2ccc([N+](=O)[O-])cc12. The van der Waals surface area contributed by atoms with Crippen molar-refractivity contribution in [1.29, 1.82) is 5.26 Å². The molecule has 2 aromatic carbocycles. The molecule has 3 aromatic rings. The van der Waals surface area contributed by atoms with E-state index < -0.39 is 4.92 Å². The lowest BCUT2D eigenvalue weighted by Crippen LogP contribution is -2.37. The lowest BCUT2D eigenvalue weighted by atomic mass is 10.1. The Morgan fingerprint density at radius 2 is 1.93 bits per heavy atom. The Balaban J connectivity index is 1.44. The van der Waals surface area contributed by atoms with Gasteiger partial charge in [-0.3, -0.25) is 10.1 Å². The molecule has 0 radical (unpaired) electrons. The molecule has 1 aliphatic heterocycles. The Morgan fingerprint density at radius 3 is 2.60 bits per heavy atom. The largest absolute Gasteiger partial charge is 0.373 e. The maximum atomic E-state index is 13.0. The third-order valence-corrected chi connectivity index (χ3v) is 5.27. The maximum absolute atomic E-state index is 13.0. The fourth-order valence-electron chi connectivity index (χ4n) is 3.61. The third kappa shape index (κ3) is 4.21. The van der Waals surface area contributed by atoms with E-state index in [2.05, 4.69) is 16.0 Å². The number of nitriles is 1. The minimum absolute atomic E-state index is 0.0623. The number of hydrogen-bond acceptors (Lipinski definition) is 6. The molecule has 0 spiro atoms. The normalized spacial score (nSPS) is 14.6. The van der Waals surface area contributed by atoms with Crippen LogP contribution < -0.4 is 4.90 Å². The molecule has 0 unspecified atom stereocenters. The van der Waals surface area contributed by atoms with Crippen LogP contribution in [0.1, 0.15) is 24.0 Å². The zero-order valence-corrected chi connectivity index (χ0v) is 16.1. The average Bonchev–Trinajstić information content (AvgIpc) is 2.78. The third-order valence-electron chi connectivity index (χ3n) is 5.27. The lowest BCUT2D eigenvalue weighted by Gasteiger charge is -2.33. The molecule has 0 bridgehead atoms. The van der Waals surface area contributed by atoms with Crippen molar-refractivity contribution in [2.24, 2.45) is 0 Å². The summed E-state index contributed by atoms with van der Waals surface area (Å²) in [5.74, 6) is 0.422. The van der Waals surface area contributed by atoms with Gasteiger partial charge in [-0.05, 0) is 42.7 Å². The maximum Gasteiger partial charge on any atom is 0.270 e. The molecule has 0 amide bonds. The number of nitro groups is 1. The summed E-state index contributed by atoms with van der Waals surface area (Å²) < 4.78 is 18.9. The fourth-order valence-corrected chi connectivity index (χ4v) is 3.61. The molecule has 1 saturated heterocycles. The van der Waals surface area contributed by atoms with Gasteiger partial charge in [-0.25, -0.2) is 9.37 Å². The number of hydrogen-bond donors (Lipinski definition) is 0. The number of nitro benzene ring substituents is 1. The Hall–Kier alpha value is -3.57. The topological polar surface area (TPSA) is 92.3 Å². The van der Waals surface area contributed by atoms with Crippen molar-refractivity contribution < 1.29 is 14.1 Å². The Bertz CT molecular complexity index is 1120. The summed E-state index contributed by atoms with van der Waals surface area (Å²) in [4.78, 5) is 17.2. The number of aromatic nitrogens is 1. The van der Waals surface area contributed by atoms with E-state index in [4.69, 9.17) is 4.74 Å². The number of rotatable bonds is 5. The summed E-state index contributed by atoms with van der Waals surface area (Å²) in [6, 6.07) is 14.5. The highest BCUT2D eigenvalue weighted by molar-refractivity contribution is 5.88. The lowest BCUT2D eigenvalue weighted by molar-refractivity contribution is -0.384. The molecule has 0 saturated carbocycles. The predicted molar refractivity (Wildman–Crippen MR) is 110 cm³/mol. The summed E-state index contributed by atoms with van der Waals surface area (Å²) in [5, 5.41) is 21.0. The van der Waals surface area contributed by atoms with Crippen LogP contribution in [0.5, 0.6) is 0 Å². The van der Waals surface area contributed by atoms with Crippen LogP contribution in [0.3, 0.4) is 0 Å². The molecule has 1 aromatic heterocycles. The van der Waals surface area contributed by atoms with Crippen molar-refractivity contribution in [3.8, 4) is 6.07 Å². The molecule has 4 rings (SSSR count). The minimum Gasteiger partial charge on any atom is -0.373 e. The second-order valence-corrected chi connectivity index (χ2v) is 7.22. The first-order chi connectivity index (χ1) is 14.5. The van der Waals surface area contributed by atoms with Gasteiger partial charge < -0.3 is 9.64 Å². The van der Waals surface area contributed by atoms with Crippen LogP contribution in [0, 0.1) is 27.3 Å². The van der Waals surface area contributed by atoms with E-state index in [0.29, 0.717) is 28.9 Å². The molecule has 1 aliphatic rings. The molecule has 152 valence electrons. The number of piperidine rings is 1. The van der Waals surface area contributed by atoms with Crippen LogP contribution in [0.4, 0.5) is 15.9 Å². The average molecular weight is 406 g/mol. The van der Waals surface area contributed by atoms with Crippen molar-refractivity contribution >= 4 is 22.4 Å². The van der Waals surface area contributed by atoms with Crippen molar-refractivity contribution in [1.82, 2.24) is 4.98 Å². The summed E-state index contributed by atoms with van der Waals surface area (Å²) in [7, 11) is 0. The second kappa shape index (κ2) is 8.43. The molecule has 7 nitrogen and oxygen atoms in total. The van der Waals surface area contributed by atoms with Crippen LogP contribution >= 0.6 is 0 Å². The van der Waals surface area contributed by atoms with E-state index in [1.807, 2.05) is 0 Å². The van der Waals surface area contributed by atoms with Gasteiger partial charge in [0, 0.05) is 30.6 Å². The molecular weight excluding hydrogens is 387 g/mol. The van der Waals surface area contributed by atoms with Crippen molar-refractivity contribution in [2.75, 3.05) is 18.0 Å². The van der Waals surface area contributed by atoms with Crippen LogP contribution in [0.25, 0.3) is 10.9 Å². The molecule has 2 heterocycles. The van der Waals surface area contributed by atoms with Crippen molar-refractivity contribution in [2.45, 2.75) is 25.6 Å². The Morgan fingerprint density at radius 1 is 1.20 bits per heavy atom. The summed E-state index contributed by atoms with van der Waals surface area (Å²) in [6.07, 6.45) is 1.72. The smallest absolute Gasteiger partial charge is 0.270 e. The van der Waals surface area contributed by atoms with Gasteiger partial charge in [-0.2, -0.15) is 5.26 Å². The van der Waals surface area contributed by atoms with Crippen LogP contribution in [0.2, 0.25) is 0 Å². The Labute approximate surface area is 172 Å². The van der Waals surface area contributed by atoms with Crippen LogP contribution in [0.15, 0.2) is 48.5 Å². The van der Waals surface area contributed by atoms with Crippen molar-refractivity contribution in [3.05, 3.63) is 75.6 Å². The number of pyridine rings is 1. The zero-order chi connectivity index (χ0) is 21.1. The van der Waals surface area contributed by atoms with E-state index in [9.17, 15) is 19.8 Å². The van der Waals surface area contributed by atoms with Gasteiger partial charge in [-0.1, -0.05) is 12.1 Å². The number of anilines is 1. The van der Waals surface area contributed by atoms with Gasteiger partial charge in [0.15, 0.2) is 0 Å². The van der Waals surface area contributed by atoms with Gasteiger partial charge in [0.2, 0.25) is 0 Å². The summed E-state index contributed by atoms with van der Waals surface area (Å²) >= 11 is 0. The van der Waals surface area contributed by atoms with Crippen molar-refractivity contribution in [3.63, 3.8) is 0 Å². The zero-order valence-electron chi connectivity index (χ0n) is 16.1. The molecule has 1 fully saturated rings. The highest BCUT2D eigenvalue weighted by atomic mass is 19.1. The highest BCUT2D eigenvalue weighted by Gasteiger charge is 2.22. The fraction of sp³-hybridized carbons (Fsp3) is 0.273. The first-order valence-electron chi connectivity index (χ1n) is 9.64. The highest BCUT2D eigenvalue weighted by Crippen LogP contribution is 2.28. The second-order valence-electron chi connectivity index (χ2n) is 7.22. The van der Waals surface area contributed by atoms with E-state index in [0.717, 1.165) is 31.5 Å². The van der Waals surface area contributed by atoms with Gasteiger partial charge in [0.25, 0.3) is 5.69 Å². The minimum atomic E-state index is -0.481. The molecular formula is C22H19FN4O3. The van der Waals surface area contributed by atoms with Crippen LogP contribution in [-0.4, -0.2) is 29.1 Å². The first-order valence-corrected chi connectivity index (χ1v) is 9.64. The first kappa shape index (κ1) is 19.7. The molecule has 30 heavy (non-hydrogen) atoms. The number of benzene rings is 2. The number of nitrogens with zero attached hydrogens (tertiary/aromatic N) is 4. The number of halogens is 1. The van der Waals surface area contributed by atoms with Gasteiger partial charge in [0.05, 0.1) is 34.8 Å². The Kier molecular flexibility index (Phi) is 5.55. The predicted octanol–water partition coefficient (Wildman–Crippen LogP) is 4.34. The van der Waals surface area contributed by atoms with Gasteiger partial charge in [0.1, 0.15) is 11.6 Å². The molecule has 0 atom stereocenters. The van der Waals surface area contributed by atoms with E-state index >= 15 is 0 Å². The van der Waals surface area contributed by atoms with Gasteiger partial charge in [-0.15, -0.1) is 0 Å². The number of non-ortho nitro benzene ring substituents is 1. The van der Waals surface area contributed by atoms with Gasteiger partial charge >= 0.3 is 0 Å². The standard InChI is InChI=1S/C22H19FN4O3/c23-17-3-1-15(2-4-17)14-30-19-7-9-26(10-8-19)22-11-16(13-24)20-12-18(27(28)29)5-6-21(20)25-22/h1-6,11-12,19H,7-10,14H2. The summed E-state index contributed by atoms with van der Waals surface area (Å²) in [6.45, 7) is 1.89. The molecule has 0 aliphatic carbocycles.